The van der Waals surface area contributed by atoms with Crippen molar-refractivity contribution in [2.24, 2.45) is 5.73 Å². The maximum Gasteiger partial charge on any atom is 0.141 e. The third-order valence-corrected chi connectivity index (χ3v) is 2.85. The molecule has 3 nitrogen and oxygen atoms in total. The first kappa shape index (κ1) is 13.8. The van der Waals surface area contributed by atoms with E-state index in [4.69, 9.17) is 22.1 Å². The summed E-state index contributed by atoms with van der Waals surface area (Å²) in [6, 6.07) is 6.44. The van der Waals surface area contributed by atoms with Crippen molar-refractivity contribution in [1.82, 2.24) is 4.98 Å². The zero-order chi connectivity index (χ0) is 13.8. The van der Waals surface area contributed by atoms with Crippen molar-refractivity contribution in [2.75, 3.05) is 0 Å². The smallest absolute Gasteiger partial charge is 0.141 e. The Morgan fingerprint density at radius 2 is 2.16 bits per heavy atom. The standard InChI is InChI=1S/C14H14ClFN2O/c1-9(17)13-5-11(15)2-3-14(13)19-8-10-4-12(16)7-18-6-10/h2-7,9H,8,17H2,1H3/t9-/m1/s1. The fraction of sp³-hybridized carbons (Fsp3) is 0.214. The average molecular weight is 281 g/mol. The van der Waals surface area contributed by atoms with Crippen LogP contribution in [0.15, 0.2) is 36.7 Å². The van der Waals surface area contributed by atoms with Crippen molar-refractivity contribution in [3.63, 3.8) is 0 Å². The van der Waals surface area contributed by atoms with Gasteiger partial charge in [-0.05, 0) is 31.2 Å². The molecule has 0 fully saturated rings. The normalized spacial score (nSPS) is 12.2. The van der Waals surface area contributed by atoms with Crippen molar-refractivity contribution >= 4 is 11.6 Å². The van der Waals surface area contributed by atoms with Crippen LogP contribution in [0, 0.1) is 5.82 Å². The van der Waals surface area contributed by atoms with E-state index >= 15 is 0 Å². The third-order valence-electron chi connectivity index (χ3n) is 2.62. The number of pyridine rings is 1. The first-order valence-corrected chi connectivity index (χ1v) is 6.21. The topological polar surface area (TPSA) is 48.1 Å². The molecule has 100 valence electrons. The van der Waals surface area contributed by atoms with Crippen LogP contribution in [0.4, 0.5) is 4.39 Å². The van der Waals surface area contributed by atoms with Gasteiger partial charge < -0.3 is 10.5 Å². The highest BCUT2D eigenvalue weighted by molar-refractivity contribution is 6.30. The maximum absolute atomic E-state index is 13.0. The Hall–Kier alpha value is -1.65. The van der Waals surface area contributed by atoms with Crippen LogP contribution in [0.2, 0.25) is 5.02 Å². The molecule has 5 heteroatoms. The van der Waals surface area contributed by atoms with E-state index in [-0.39, 0.29) is 18.5 Å². The summed E-state index contributed by atoms with van der Waals surface area (Å²) in [4.78, 5) is 3.77. The second-order valence-corrected chi connectivity index (χ2v) is 4.71. The zero-order valence-electron chi connectivity index (χ0n) is 10.4. The molecule has 19 heavy (non-hydrogen) atoms. The van der Waals surface area contributed by atoms with Gasteiger partial charge in [0.1, 0.15) is 18.2 Å². The number of hydrogen-bond donors (Lipinski definition) is 1. The molecule has 0 saturated heterocycles. The maximum atomic E-state index is 13.0. The minimum atomic E-state index is -0.385. The van der Waals surface area contributed by atoms with Crippen LogP contribution in [0.3, 0.4) is 0 Å². The van der Waals surface area contributed by atoms with Gasteiger partial charge in [0.05, 0.1) is 6.20 Å². The Bertz CT molecular complexity index is 575. The number of aromatic nitrogens is 1. The van der Waals surface area contributed by atoms with Gasteiger partial charge in [-0.2, -0.15) is 0 Å². The minimum Gasteiger partial charge on any atom is -0.489 e. The molecule has 0 bridgehead atoms. The molecular formula is C14H14ClFN2O. The summed E-state index contributed by atoms with van der Waals surface area (Å²) in [6.07, 6.45) is 2.71. The van der Waals surface area contributed by atoms with E-state index in [1.165, 1.54) is 6.07 Å². The van der Waals surface area contributed by atoms with Gasteiger partial charge in [0.2, 0.25) is 0 Å². The highest BCUT2D eigenvalue weighted by Crippen LogP contribution is 2.27. The van der Waals surface area contributed by atoms with Crippen molar-refractivity contribution in [3.8, 4) is 5.75 Å². The summed E-state index contributed by atoms with van der Waals surface area (Å²) >= 11 is 5.93. The van der Waals surface area contributed by atoms with Crippen molar-refractivity contribution < 1.29 is 9.13 Å². The fourth-order valence-corrected chi connectivity index (χ4v) is 1.88. The molecule has 1 heterocycles. The summed E-state index contributed by atoms with van der Waals surface area (Å²) < 4.78 is 18.6. The van der Waals surface area contributed by atoms with Crippen molar-refractivity contribution in [2.45, 2.75) is 19.6 Å². The minimum absolute atomic E-state index is 0.195. The van der Waals surface area contributed by atoms with Crippen LogP contribution in [-0.4, -0.2) is 4.98 Å². The van der Waals surface area contributed by atoms with E-state index in [1.54, 1.807) is 24.4 Å². The summed E-state index contributed by atoms with van der Waals surface area (Å²) in [5.74, 6) is 0.258. The molecule has 0 amide bonds. The molecule has 0 saturated carbocycles. The van der Waals surface area contributed by atoms with E-state index in [9.17, 15) is 4.39 Å². The van der Waals surface area contributed by atoms with Gasteiger partial charge in [0.15, 0.2) is 0 Å². The Balaban J connectivity index is 2.15. The first-order chi connectivity index (χ1) is 9.06. The molecule has 0 radical (unpaired) electrons. The van der Waals surface area contributed by atoms with E-state index in [0.717, 1.165) is 11.8 Å². The lowest BCUT2D eigenvalue weighted by Gasteiger charge is -2.14. The molecule has 1 atom stereocenters. The molecule has 0 aliphatic heterocycles. The van der Waals surface area contributed by atoms with Crippen LogP contribution in [-0.2, 0) is 6.61 Å². The lowest BCUT2D eigenvalue weighted by atomic mass is 10.1. The SMILES string of the molecule is C[C@@H](N)c1cc(Cl)ccc1OCc1cncc(F)c1. The molecule has 2 N–H and O–H groups in total. The summed E-state index contributed by atoms with van der Waals surface area (Å²) in [6.45, 7) is 2.08. The Morgan fingerprint density at radius 1 is 1.37 bits per heavy atom. The first-order valence-electron chi connectivity index (χ1n) is 5.83. The Kier molecular flexibility index (Phi) is 4.35. The largest absolute Gasteiger partial charge is 0.489 e. The van der Waals surface area contributed by atoms with Gasteiger partial charge in [-0.25, -0.2) is 4.39 Å². The predicted molar refractivity (Wildman–Crippen MR) is 72.6 cm³/mol. The highest BCUT2D eigenvalue weighted by atomic mass is 35.5. The van der Waals surface area contributed by atoms with Crippen LogP contribution in [0.1, 0.15) is 24.1 Å². The number of halogens is 2. The molecule has 0 spiro atoms. The second kappa shape index (κ2) is 5.99. The van der Waals surface area contributed by atoms with Crippen LogP contribution in [0.25, 0.3) is 0 Å². The molecule has 0 unspecified atom stereocenters. The van der Waals surface area contributed by atoms with E-state index in [1.807, 2.05) is 6.92 Å². The van der Waals surface area contributed by atoms with E-state index in [0.29, 0.717) is 16.3 Å². The van der Waals surface area contributed by atoms with E-state index in [2.05, 4.69) is 4.98 Å². The monoisotopic (exact) mass is 280 g/mol. The molecule has 1 aromatic heterocycles. The number of nitrogens with two attached hydrogens (primary N) is 1. The molecular weight excluding hydrogens is 267 g/mol. The fourth-order valence-electron chi connectivity index (χ4n) is 1.70. The molecule has 2 rings (SSSR count). The molecule has 1 aromatic carbocycles. The summed E-state index contributed by atoms with van der Waals surface area (Å²) in [5, 5.41) is 0.604. The van der Waals surface area contributed by atoms with Crippen LogP contribution >= 0.6 is 11.6 Å². The van der Waals surface area contributed by atoms with Gasteiger partial charge in [-0.1, -0.05) is 11.6 Å². The Morgan fingerprint density at radius 3 is 2.84 bits per heavy atom. The summed E-state index contributed by atoms with van der Waals surface area (Å²) in [7, 11) is 0. The molecule has 0 aliphatic carbocycles. The third kappa shape index (κ3) is 3.66. The van der Waals surface area contributed by atoms with Crippen molar-refractivity contribution in [1.29, 1.82) is 0 Å². The van der Waals surface area contributed by atoms with Crippen LogP contribution < -0.4 is 10.5 Å². The number of rotatable bonds is 4. The molecule has 2 aromatic rings. The van der Waals surface area contributed by atoms with Gasteiger partial charge >= 0.3 is 0 Å². The number of ether oxygens (including phenoxy) is 1. The summed E-state index contributed by atoms with van der Waals surface area (Å²) in [5.41, 5.74) is 7.34. The zero-order valence-corrected chi connectivity index (χ0v) is 11.2. The highest BCUT2D eigenvalue weighted by Gasteiger charge is 2.09. The van der Waals surface area contributed by atoms with Gasteiger partial charge in [-0.3, -0.25) is 4.98 Å². The number of hydrogen-bond acceptors (Lipinski definition) is 3. The van der Waals surface area contributed by atoms with Crippen molar-refractivity contribution in [3.05, 3.63) is 58.6 Å². The predicted octanol–water partition coefficient (Wildman–Crippen LogP) is 3.47. The van der Waals surface area contributed by atoms with Crippen LogP contribution in [0.5, 0.6) is 5.75 Å². The lowest BCUT2D eigenvalue weighted by molar-refractivity contribution is 0.300. The van der Waals surface area contributed by atoms with Gasteiger partial charge in [0.25, 0.3) is 0 Å². The quantitative estimate of drug-likeness (QED) is 0.933. The lowest BCUT2D eigenvalue weighted by Crippen LogP contribution is -2.08. The second-order valence-electron chi connectivity index (χ2n) is 4.27. The van der Waals surface area contributed by atoms with Gasteiger partial charge in [-0.15, -0.1) is 0 Å². The van der Waals surface area contributed by atoms with Gasteiger partial charge in [0, 0.05) is 28.4 Å². The van der Waals surface area contributed by atoms with E-state index < -0.39 is 0 Å². The average Bonchev–Trinajstić information content (AvgIpc) is 2.37. The number of benzene rings is 1. The molecule has 0 aliphatic rings. The Labute approximate surface area is 116 Å². The number of nitrogens with zero attached hydrogens (tertiary/aromatic N) is 1.